The Hall–Kier alpha value is -4.21. The zero-order chi connectivity index (χ0) is 30.8. The van der Waals surface area contributed by atoms with Gasteiger partial charge in [0.05, 0.1) is 22.2 Å². The molecule has 3 aliphatic rings. The summed E-state index contributed by atoms with van der Waals surface area (Å²) in [4.78, 5) is 39.9. The molecule has 44 heavy (non-hydrogen) atoms. The van der Waals surface area contributed by atoms with Crippen LogP contribution >= 0.6 is 23.2 Å². The first kappa shape index (κ1) is 29.8. The monoisotopic (exact) mass is 632 g/mol. The van der Waals surface area contributed by atoms with Crippen LogP contribution < -0.4 is 4.90 Å². The van der Waals surface area contributed by atoms with Crippen LogP contribution in [0.3, 0.4) is 0 Å². The molecule has 2 atom stereocenters. The van der Waals surface area contributed by atoms with Crippen LogP contribution in [0.4, 0.5) is 11.4 Å². The summed E-state index contributed by atoms with van der Waals surface area (Å²) in [5.74, 6) is -1.36. The van der Waals surface area contributed by atoms with E-state index in [1.165, 1.54) is 17.1 Å². The van der Waals surface area contributed by atoms with Gasteiger partial charge in [-0.15, -0.1) is 0 Å². The Balaban J connectivity index is 1.24. The molecule has 1 saturated heterocycles. The zero-order valence-corrected chi connectivity index (χ0v) is 25.3. The van der Waals surface area contributed by atoms with Gasteiger partial charge in [0.25, 0.3) is 11.6 Å². The van der Waals surface area contributed by atoms with Crippen molar-refractivity contribution in [1.29, 1.82) is 0 Å². The van der Waals surface area contributed by atoms with Crippen LogP contribution in [0.2, 0.25) is 10.0 Å². The minimum atomic E-state index is -0.815. The van der Waals surface area contributed by atoms with Crippen LogP contribution in [0.25, 0.3) is 6.08 Å². The number of esters is 1. The number of ether oxygens (including phenoxy) is 1. The number of halogens is 2. The Morgan fingerprint density at radius 3 is 2.34 bits per heavy atom. The van der Waals surface area contributed by atoms with Crippen molar-refractivity contribution < 1.29 is 19.2 Å². The van der Waals surface area contributed by atoms with Crippen LogP contribution in [0.1, 0.15) is 59.6 Å². The van der Waals surface area contributed by atoms with Crippen molar-refractivity contribution >= 4 is 58.2 Å². The highest BCUT2D eigenvalue weighted by Gasteiger charge is 2.44. The third-order valence-corrected chi connectivity index (χ3v) is 8.86. The topological polar surface area (TPSA) is 105 Å². The highest BCUT2D eigenvalue weighted by atomic mass is 35.5. The van der Waals surface area contributed by atoms with Gasteiger partial charge in [0.15, 0.2) is 6.61 Å². The fourth-order valence-electron chi connectivity index (χ4n) is 6.26. The lowest BCUT2D eigenvalue weighted by atomic mass is 9.77. The third kappa shape index (κ3) is 6.21. The third-order valence-electron chi connectivity index (χ3n) is 8.36. The van der Waals surface area contributed by atoms with Crippen LogP contribution in [0, 0.1) is 16.0 Å². The number of hydrogen-bond donors (Lipinski definition) is 0. The molecule has 2 aliphatic heterocycles. The quantitative estimate of drug-likeness (QED) is 0.152. The largest absolute Gasteiger partial charge is 0.452 e. The predicted octanol–water partition coefficient (Wildman–Crippen LogP) is 7.48. The summed E-state index contributed by atoms with van der Waals surface area (Å²) in [6, 6.07) is 18.8. The van der Waals surface area contributed by atoms with E-state index >= 15 is 0 Å². The number of rotatable bonds is 7. The van der Waals surface area contributed by atoms with E-state index in [1.54, 1.807) is 18.2 Å². The van der Waals surface area contributed by atoms with Crippen molar-refractivity contribution in [3.05, 3.63) is 109 Å². The summed E-state index contributed by atoms with van der Waals surface area (Å²) in [6.07, 6.45) is 6.57. The van der Waals surface area contributed by atoms with Gasteiger partial charge in [-0.1, -0.05) is 47.5 Å². The second-order valence-electron chi connectivity index (χ2n) is 11.2. The molecule has 1 aliphatic carbocycles. The Labute approximate surface area is 264 Å². The van der Waals surface area contributed by atoms with Gasteiger partial charge in [0.2, 0.25) is 0 Å². The number of carbonyl (C=O) groups is 2. The molecule has 11 heteroatoms. The highest BCUT2D eigenvalue weighted by molar-refractivity contribution is 6.30. The standard InChI is InChI=1S/C33H30Cl2N4O5/c34-25-11-6-21(7-12-25)18-23-4-3-5-27-31(23)36-38(32(27)22-8-13-26(35)14-9-22)30(40)20-44-33(41)24-10-15-28(29(19-24)39(42)43)37-16-1-2-17-37/h6-15,18-19,27,32H,1-5,16-17,20H2. The average molecular weight is 634 g/mol. The van der Waals surface area contributed by atoms with Crippen molar-refractivity contribution in [3.63, 3.8) is 0 Å². The number of hydrazone groups is 1. The molecule has 2 unspecified atom stereocenters. The molecule has 0 bridgehead atoms. The Morgan fingerprint density at radius 2 is 1.66 bits per heavy atom. The molecular formula is C33H30Cl2N4O5. The smallest absolute Gasteiger partial charge is 0.338 e. The van der Waals surface area contributed by atoms with Crippen molar-refractivity contribution in [2.45, 2.75) is 38.1 Å². The molecule has 1 amide bonds. The predicted molar refractivity (Wildman–Crippen MR) is 170 cm³/mol. The average Bonchev–Trinajstić information content (AvgIpc) is 3.70. The van der Waals surface area contributed by atoms with E-state index in [9.17, 15) is 19.7 Å². The fourth-order valence-corrected chi connectivity index (χ4v) is 6.51. The molecule has 3 aromatic carbocycles. The maximum Gasteiger partial charge on any atom is 0.338 e. The molecule has 6 rings (SSSR count). The fraction of sp³-hybridized carbons (Fsp3) is 0.303. The molecule has 2 fully saturated rings. The molecule has 0 aromatic heterocycles. The first-order valence-corrected chi connectivity index (χ1v) is 15.4. The summed E-state index contributed by atoms with van der Waals surface area (Å²) < 4.78 is 5.41. The number of nitrogens with zero attached hydrogens (tertiary/aromatic N) is 4. The Kier molecular flexibility index (Phi) is 8.68. The van der Waals surface area contributed by atoms with Gasteiger partial charge in [-0.3, -0.25) is 14.9 Å². The number of anilines is 1. The summed E-state index contributed by atoms with van der Waals surface area (Å²) >= 11 is 12.2. The highest BCUT2D eigenvalue weighted by Crippen LogP contribution is 2.44. The number of nitro groups is 1. The molecule has 0 N–H and O–H groups in total. The lowest BCUT2D eigenvalue weighted by Gasteiger charge is -2.29. The van der Waals surface area contributed by atoms with E-state index in [4.69, 9.17) is 33.0 Å². The molecular weight excluding hydrogens is 603 g/mol. The molecule has 0 radical (unpaired) electrons. The van der Waals surface area contributed by atoms with Crippen molar-refractivity contribution in [2.75, 3.05) is 24.6 Å². The van der Waals surface area contributed by atoms with E-state index in [0.29, 0.717) is 15.7 Å². The van der Waals surface area contributed by atoms with Gasteiger partial charge in [-0.25, -0.2) is 9.80 Å². The Morgan fingerprint density at radius 1 is 0.977 bits per heavy atom. The van der Waals surface area contributed by atoms with E-state index in [0.717, 1.165) is 67.6 Å². The van der Waals surface area contributed by atoms with Crippen LogP contribution in [0.5, 0.6) is 0 Å². The van der Waals surface area contributed by atoms with Crippen molar-refractivity contribution in [1.82, 2.24) is 5.01 Å². The van der Waals surface area contributed by atoms with E-state index < -0.39 is 29.4 Å². The van der Waals surface area contributed by atoms with Gasteiger partial charge in [0.1, 0.15) is 5.69 Å². The normalized spacial score (nSPS) is 20.4. The second-order valence-corrected chi connectivity index (χ2v) is 12.0. The SMILES string of the molecule is O=C(OCC(=O)N1N=C2C(=Cc3ccc(Cl)cc3)CCCC2C1c1ccc(Cl)cc1)c1ccc(N2CCCC2)c([N+](=O)[O-])c1. The van der Waals surface area contributed by atoms with Gasteiger partial charge >= 0.3 is 5.97 Å². The molecule has 9 nitrogen and oxygen atoms in total. The van der Waals surface area contributed by atoms with E-state index in [-0.39, 0.29) is 17.2 Å². The maximum atomic E-state index is 13.6. The second kappa shape index (κ2) is 12.8. The minimum Gasteiger partial charge on any atom is -0.452 e. The summed E-state index contributed by atoms with van der Waals surface area (Å²) in [5, 5.41) is 19.3. The minimum absolute atomic E-state index is 0.0105. The summed E-state index contributed by atoms with van der Waals surface area (Å²) in [7, 11) is 0. The van der Waals surface area contributed by atoms with Crippen molar-refractivity contribution in [3.8, 4) is 0 Å². The summed E-state index contributed by atoms with van der Waals surface area (Å²) in [5.41, 5.74) is 4.06. The lowest BCUT2D eigenvalue weighted by Crippen LogP contribution is -2.34. The molecule has 226 valence electrons. The van der Waals surface area contributed by atoms with Gasteiger partial charge in [-0.05, 0) is 91.3 Å². The van der Waals surface area contributed by atoms with Gasteiger partial charge in [-0.2, -0.15) is 5.10 Å². The number of benzene rings is 3. The molecule has 3 aromatic rings. The molecule has 1 saturated carbocycles. The number of fused-ring (bicyclic) bond motifs is 1. The van der Waals surface area contributed by atoms with Crippen LogP contribution in [-0.4, -0.2) is 47.2 Å². The first-order valence-electron chi connectivity index (χ1n) is 14.6. The number of allylic oxidation sites excluding steroid dienone is 1. The molecule has 0 spiro atoms. The number of amides is 1. The van der Waals surface area contributed by atoms with Gasteiger partial charge in [0, 0.05) is 35.1 Å². The molecule has 2 heterocycles. The number of nitro benzene ring substituents is 1. The first-order chi connectivity index (χ1) is 21.3. The number of carbonyl (C=O) groups excluding carboxylic acids is 2. The zero-order valence-electron chi connectivity index (χ0n) is 23.8. The Bertz CT molecular complexity index is 1650. The van der Waals surface area contributed by atoms with E-state index in [1.807, 2.05) is 41.3 Å². The number of hydrogen-bond acceptors (Lipinski definition) is 7. The van der Waals surface area contributed by atoms with Gasteiger partial charge < -0.3 is 9.64 Å². The van der Waals surface area contributed by atoms with Crippen molar-refractivity contribution in [2.24, 2.45) is 11.0 Å². The van der Waals surface area contributed by atoms with Crippen LogP contribution in [-0.2, 0) is 9.53 Å². The van der Waals surface area contributed by atoms with Crippen LogP contribution in [0.15, 0.2) is 77.4 Å². The lowest BCUT2D eigenvalue weighted by molar-refractivity contribution is -0.384. The summed E-state index contributed by atoms with van der Waals surface area (Å²) in [6.45, 7) is 0.887. The van der Waals surface area contributed by atoms with E-state index in [2.05, 4.69) is 6.08 Å². The maximum absolute atomic E-state index is 13.6.